The smallest absolute Gasteiger partial charge is 0.363 e. The minimum absolute atomic E-state index is 0.191. The predicted octanol–water partition coefficient (Wildman–Crippen LogP) is 4.00. The molecule has 0 spiro atoms. The minimum Gasteiger partial charge on any atom is -0.421 e. The van der Waals surface area contributed by atoms with E-state index in [9.17, 15) is 4.79 Å². The van der Waals surface area contributed by atoms with Gasteiger partial charge < -0.3 is 4.74 Å². The maximum atomic E-state index is 12.4. The number of hydrogen-bond acceptors (Lipinski definition) is 4. The maximum absolute atomic E-state index is 12.4. The molecule has 0 aliphatic rings. The first-order valence-electron chi connectivity index (χ1n) is 7.23. The van der Waals surface area contributed by atoms with E-state index >= 15 is 0 Å². The van der Waals surface area contributed by atoms with Gasteiger partial charge in [-0.1, -0.05) is 48.5 Å². The molecule has 1 heterocycles. The fourth-order valence-electron chi connectivity index (χ4n) is 2.49. The summed E-state index contributed by atoms with van der Waals surface area (Å²) in [5, 5.41) is 1.90. The van der Waals surface area contributed by atoms with Crippen LogP contribution in [0.1, 0.15) is 10.5 Å². The average molecular weight is 300 g/mol. The third-order valence-corrected chi connectivity index (χ3v) is 3.61. The van der Waals surface area contributed by atoms with Crippen LogP contribution >= 0.6 is 0 Å². The van der Waals surface area contributed by atoms with Gasteiger partial charge in [-0.25, -0.2) is 9.78 Å². The molecule has 4 heteroatoms. The van der Waals surface area contributed by atoms with E-state index < -0.39 is 5.97 Å². The molecule has 4 rings (SSSR count). The van der Waals surface area contributed by atoms with Crippen LogP contribution in [0, 0.1) is 0 Å². The van der Waals surface area contributed by atoms with Gasteiger partial charge in [-0.3, -0.25) is 4.98 Å². The van der Waals surface area contributed by atoms with Gasteiger partial charge in [-0.15, -0.1) is 0 Å². The summed E-state index contributed by atoms with van der Waals surface area (Å²) in [6.07, 6.45) is 1.44. The van der Waals surface area contributed by atoms with Crippen LogP contribution in [0.2, 0.25) is 0 Å². The van der Waals surface area contributed by atoms with Gasteiger partial charge in [0.15, 0.2) is 5.69 Å². The number of hydrogen-bond donors (Lipinski definition) is 0. The first kappa shape index (κ1) is 13.4. The summed E-state index contributed by atoms with van der Waals surface area (Å²) < 4.78 is 5.52. The molecule has 3 aromatic carbocycles. The lowest BCUT2D eigenvalue weighted by molar-refractivity contribution is 0.0731. The number of ether oxygens (including phenoxy) is 1. The Hall–Kier alpha value is -3.27. The van der Waals surface area contributed by atoms with Crippen LogP contribution in [0.3, 0.4) is 0 Å². The van der Waals surface area contributed by atoms with Crippen LogP contribution in [0.5, 0.6) is 5.75 Å². The molecule has 110 valence electrons. The van der Waals surface area contributed by atoms with Crippen molar-refractivity contribution in [2.24, 2.45) is 0 Å². The van der Waals surface area contributed by atoms with Crippen molar-refractivity contribution in [1.82, 2.24) is 9.97 Å². The number of para-hydroxylation sites is 2. The summed E-state index contributed by atoms with van der Waals surface area (Å²) in [7, 11) is 0. The molecule has 0 N–H and O–H groups in total. The largest absolute Gasteiger partial charge is 0.421 e. The van der Waals surface area contributed by atoms with E-state index in [1.165, 1.54) is 6.20 Å². The van der Waals surface area contributed by atoms with Crippen LogP contribution in [0.4, 0.5) is 0 Å². The first-order chi connectivity index (χ1) is 11.3. The molecule has 0 bridgehead atoms. The Morgan fingerprint density at radius 1 is 0.826 bits per heavy atom. The number of esters is 1. The maximum Gasteiger partial charge on any atom is 0.363 e. The third kappa shape index (κ3) is 2.51. The first-order valence-corrected chi connectivity index (χ1v) is 7.23. The monoisotopic (exact) mass is 300 g/mol. The Balaban J connectivity index is 1.70. The topological polar surface area (TPSA) is 52.1 Å². The molecule has 0 atom stereocenters. The van der Waals surface area contributed by atoms with Crippen molar-refractivity contribution < 1.29 is 9.53 Å². The van der Waals surface area contributed by atoms with E-state index in [0.717, 1.165) is 16.3 Å². The molecule has 0 amide bonds. The highest BCUT2D eigenvalue weighted by Gasteiger charge is 2.13. The zero-order chi connectivity index (χ0) is 15.6. The number of carbonyl (C=O) groups is 1. The minimum atomic E-state index is -0.514. The second-order valence-corrected chi connectivity index (χ2v) is 5.11. The van der Waals surface area contributed by atoms with Crippen LogP contribution in [-0.4, -0.2) is 15.9 Å². The fraction of sp³-hybridized carbons (Fsp3) is 0. The van der Waals surface area contributed by atoms with Gasteiger partial charge in [0, 0.05) is 5.39 Å². The quantitative estimate of drug-likeness (QED) is 0.415. The predicted molar refractivity (Wildman–Crippen MR) is 88.4 cm³/mol. The van der Waals surface area contributed by atoms with E-state index in [0.29, 0.717) is 11.3 Å². The molecule has 0 fully saturated rings. The Labute approximate surface area is 132 Å². The van der Waals surface area contributed by atoms with E-state index in [1.54, 1.807) is 6.07 Å². The molecule has 23 heavy (non-hydrogen) atoms. The van der Waals surface area contributed by atoms with E-state index in [1.807, 2.05) is 60.7 Å². The van der Waals surface area contributed by atoms with Gasteiger partial charge in [-0.05, 0) is 23.6 Å². The zero-order valence-corrected chi connectivity index (χ0v) is 12.1. The molecule has 4 nitrogen and oxygen atoms in total. The standard InChI is InChI=1S/C19H12N2O2/c22-19(17-12-20-15-9-3-4-10-16(15)21-17)23-18-11-5-7-13-6-1-2-8-14(13)18/h1-12H. The molecule has 1 aromatic heterocycles. The molecule has 0 saturated heterocycles. The van der Waals surface area contributed by atoms with Crippen LogP contribution in [0.25, 0.3) is 21.8 Å². The molecule has 4 aromatic rings. The average Bonchev–Trinajstić information content (AvgIpc) is 2.61. The third-order valence-electron chi connectivity index (χ3n) is 3.61. The van der Waals surface area contributed by atoms with Crippen LogP contribution in [-0.2, 0) is 0 Å². The van der Waals surface area contributed by atoms with Gasteiger partial charge in [0.25, 0.3) is 0 Å². The fourth-order valence-corrected chi connectivity index (χ4v) is 2.49. The van der Waals surface area contributed by atoms with Crippen LogP contribution in [0.15, 0.2) is 72.9 Å². The highest BCUT2D eigenvalue weighted by molar-refractivity contribution is 5.95. The van der Waals surface area contributed by atoms with Crippen molar-refractivity contribution in [2.45, 2.75) is 0 Å². The second kappa shape index (κ2) is 5.50. The molecular weight excluding hydrogens is 288 g/mol. The molecule has 0 unspecified atom stereocenters. The van der Waals surface area contributed by atoms with Gasteiger partial charge >= 0.3 is 5.97 Å². The Kier molecular flexibility index (Phi) is 3.20. The summed E-state index contributed by atoms with van der Waals surface area (Å²) in [5.74, 6) is 0.00247. The van der Waals surface area contributed by atoms with E-state index in [2.05, 4.69) is 9.97 Å². The van der Waals surface area contributed by atoms with Crippen molar-refractivity contribution in [3.8, 4) is 5.75 Å². The lowest BCUT2D eigenvalue weighted by Gasteiger charge is -2.07. The highest BCUT2D eigenvalue weighted by atomic mass is 16.5. The van der Waals surface area contributed by atoms with Crippen LogP contribution < -0.4 is 4.74 Å². The number of fused-ring (bicyclic) bond motifs is 2. The molecule has 0 aliphatic heterocycles. The molecular formula is C19H12N2O2. The summed E-state index contributed by atoms with van der Waals surface area (Å²) >= 11 is 0. The zero-order valence-electron chi connectivity index (χ0n) is 12.1. The van der Waals surface area contributed by atoms with Gasteiger partial charge in [-0.2, -0.15) is 0 Å². The number of carbonyl (C=O) groups excluding carboxylic acids is 1. The van der Waals surface area contributed by atoms with Crippen molar-refractivity contribution in [2.75, 3.05) is 0 Å². The molecule has 0 saturated carbocycles. The SMILES string of the molecule is O=C(Oc1cccc2ccccc12)c1cnc2ccccc2n1. The normalized spacial score (nSPS) is 10.8. The van der Waals surface area contributed by atoms with E-state index in [4.69, 9.17) is 4.74 Å². The Morgan fingerprint density at radius 3 is 2.48 bits per heavy atom. The lowest BCUT2D eigenvalue weighted by atomic mass is 10.1. The van der Waals surface area contributed by atoms with Gasteiger partial charge in [0.05, 0.1) is 17.2 Å². The second-order valence-electron chi connectivity index (χ2n) is 5.11. The van der Waals surface area contributed by atoms with Gasteiger partial charge in [0.1, 0.15) is 5.75 Å². The number of rotatable bonds is 2. The van der Waals surface area contributed by atoms with Gasteiger partial charge in [0.2, 0.25) is 0 Å². The van der Waals surface area contributed by atoms with Crippen molar-refractivity contribution in [3.05, 3.63) is 78.6 Å². The number of benzene rings is 3. The Morgan fingerprint density at radius 2 is 1.57 bits per heavy atom. The summed E-state index contributed by atoms with van der Waals surface area (Å²) in [6.45, 7) is 0. The van der Waals surface area contributed by atoms with Crippen molar-refractivity contribution >= 4 is 27.8 Å². The molecule has 0 radical (unpaired) electrons. The van der Waals surface area contributed by atoms with E-state index in [-0.39, 0.29) is 5.69 Å². The Bertz CT molecular complexity index is 1020. The number of nitrogens with zero attached hydrogens (tertiary/aromatic N) is 2. The number of aromatic nitrogens is 2. The summed E-state index contributed by atoms with van der Waals surface area (Å²) in [4.78, 5) is 20.9. The highest BCUT2D eigenvalue weighted by Crippen LogP contribution is 2.25. The summed E-state index contributed by atoms with van der Waals surface area (Å²) in [5.41, 5.74) is 1.60. The molecule has 0 aliphatic carbocycles. The lowest BCUT2D eigenvalue weighted by Crippen LogP contribution is -2.11. The van der Waals surface area contributed by atoms with Crippen molar-refractivity contribution in [3.63, 3.8) is 0 Å². The van der Waals surface area contributed by atoms with Crippen molar-refractivity contribution in [1.29, 1.82) is 0 Å². The summed E-state index contributed by atoms with van der Waals surface area (Å²) in [6, 6.07) is 20.8.